The van der Waals surface area contributed by atoms with Crippen molar-refractivity contribution in [3.63, 3.8) is 0 Å². The summed E-state index contributed by atoms with van der Waals surface area (Å²) in [6.07, 6.45) is 6.20. The first-order valence-corrected chi connectivity index (χ1v) is 7.97. The minimum Gasteiger partial charge on any atom is -0.491 e. The van der Waals surface area contributed by atoms with E-state index in [1.54, 1.807) is 0 Å². The third kappa shape index (κ3) is 2.18. The summed E-state index contributed by atoms with van der Waals surface area (Å²) in [6, 6.07) is 8.45. The summed E-state index contributed by atoms with van der Waals surface area (Å²) in [5, 5.41) is 0. The van der Waals surface area contributed by atoms with E-state index in [0.29, 0.717) is 5.92 Å². The highest BCUT2D eigenvalue weighted by Gasteiger charge is 2.43. The van der Waals surface area contributed by atoms with Crippen LogP contribution >= 0.6 is 0 Å². The molecule has 1 fully saturated rings. The lowest BCUT2D eigenvalue weighted by atomic mass is 9.72. The van der Waals surface area contributed by atoms with Gasteiger partial charge in [0, 0.05) is 13.1 Å². The normalized spacial score (nSPS) is 30.3. The van der Waals surface area contributed by atoms with Crippen molar-refractivity contribution in [2.75, 3.05) is 24.6 Å². The van der Waals surface area contributed by atoms with Gasteiger partial charge in [-0.25, -0.2) is 0 Å². The number of rotatable bonds is 2. The van der Waals surface area contributed by atoms with Gasteiger partial charge in [0.2, 0.25) is 0 Å². The van der Waals surface area contributed by atoms with Crippen LogP contribution in [0.5, 0.6) is 5.75 Å². The Hall–Kier alpha value is -1.22. The molecule has 2 unspecified atom stereocenters. The predicted molar refractivity (Wildman–Crippen MR) is 83.3 cm³/mol. The van der Waals surface area contributed by atoms with Crippen LogP contribution < -0.4 is 15.4 Å². The molecule has 1 aliphatic carbocycles. The molecule has 2 atom stereocenters. The number of para-hydroxylation sites is 2. The maximum atomic E-state index is 6.29. The zero-order chi connectivity index (χ0) is 14.0. The van der Waals surface area contributed by atoms with Gasteiger partial charge in [-0.05, 0) is 37.3 Å². The van der Waals surface area contributed by atoms with Crippen LogP contribution in [0.25, 0.3) is 0 Å². The first-order chi connectivity index (χ1) is 9.78. The van der Waals surface area contributed by atoms with Crippen molar-refractivity contribution >= 4 is 5.69 Å². The number of hydrogen-bond acceptors (Lipinski definition) is 3. The van der Waals surface area contributed by atoms with Crippen LogP contribution in [0.3, 0.4) is 0 Å². The topological polar surface area (TPSA) is 38.5 Å². The van der Waals surface area contributed by atoms with Gasteiger partial charge < -0.3 is 15.4 Å². The quantitative estimate of drug-likeness (QED) is 0.900. The number of benzene rings is 1. The molecule has 3 heteroatoms. The Kier molecular flexibility index (Phi) is 3.88. The Morgan fingerprint density at radius 2 is 2.15 bits per heavy atom. The predicted octanol–water partition coefficient (Wildman–Crippen LogP) is 3.18. The van der Waals surface area contributed by atoms with E-state index in [4.69, 9.17) is 10.5 Å². The number of anilines is 1. The SMILES string of the molecule is CC1CCCCC1(CN)N1CCCOc2ccccc21. The van der Waals surface area contributed by atoms with Crippen LogP contribution in [-0.4, -0.2) is 25.2 Å². The van der Waals surface area contributed by atoms with Gasteiger partial charge in [0.25, 0.3) is 0 Å². The van der Waals surface area contributed by atoms with E-state index in [2.05, 4.69) is 36.1 Å². The molecular weight excluding hydrogens is 248 g/mol. The molecule has 2 aliphatic rings. The third-order valence-corrected chi connectivity index (χ3v) is 5.24. The lowest BCUT2D eigenvalue weighted by Gasteiger charge is -2.51. The van der Waals surface area contributed by atoms with Crippen molar-refractivity contribution in [2.24, 2.45) is 11.7 Å². The van der Waals surface area contributed by atoms with Crippen molar-refractivity contribution in [3.05, 3.63) is 24.3 Å². The summed E-state index contributed by atoms with van der Waals surface area (Å²) in [5.74, 6) is 1.67. The molecule has 110 valence electrons. The van der Waals surface area contributed by atoms with Crippen molar-refractivity contribution in [1.29, 1.82) is 0 Å². The molecule has 20 heavy (non-hydrogen) atoms. The largest absolute Gasteiger partial charge is 0.491 e. The Morgan fingerprint density at radius 1 is 1.30 bits per heavy atom. The van der Waals surface area contributed by atoms with E-state index in [-0.39, 0.29) is 5.54 Å². The molecule has 0 amide bonds. The number of nitrogens with two attached hydrogens (primary N) is 1. The van der Waals surface area contributed by atoms with Gasteiger partial charge in [0.05, 0.1) is 17.8 Å². The van der Waals surface area contributed by atoms with E-state index in [0.717, 1.165) is 31.9 Å². The monoisotopic (exact) mass is 274 g/mol. The van der Waals surface area contributed by atoms with Gasteiger partial charge in [-0.15, -0.1) is 0 Å². The third-order valence-electron chi connectivity index (χ3n) is 5.24. The Labute approximate surface area is 122 Å². The summed E-state index contributed by atoms with van der Waals surface area (Å²) in [6.45, 7) is 4.98. The molecule has 0 radical (unpaired) electrons. The average Bonchev–Trinajstić information content (AvgIpc) is 2.71. The summed E-state index contributed by atoms with van der Waals surface area (Å²) in [4.78, 5) is 2.57. The first kappa shape index (κ1) is 13.7. The van der Waals surface area contributed by atoms with Crippen LogP contribution in [0.4, 0.5) is 5.69 Å². The van der Waals surface area contributed by atoms with Crippen molar-refractivity contribution in [3.8, 4) is 5.75 Å². The van der Waals surface area contributed by atoms with E-state index in [1.807, 2.05) is 0 Å². The molecule has 0 saturated heterocycles. The minimum absolute atomic E-state index is 0.113. The van der Waals surface area contributed by atoms with Gasteiger partial charge in [0.15, 0.2) is 0 Å². The molecule has 0 spiro atoms. The van der Waals surface area contributed by atoms with Gasteiger partial charge in [-0.3, -0.25) is 0 Å². The summed E-state index contributed by atoms with van der Waals surface area (Å²) >= 11 is 0. The molecule has 3 nitrogen and oxygen atoms in total. The highest BCUT2D eigenvalue weighted by Crippen LogP contribution is 2.43. The molecule has 1 saturated carbocycles. The number of ether oxygens (including phenoxy) is 1. The number of nitrogens with zero attached hydrogens (tertiary/aromatic N) is 1. The van der Waals surface area contributed by atoms with Crippen LogP contribution in [0, 0.1) is 5.92 Å². The van der Waals surface area contributed by atoms with Gasteiger partial charge >= 0.3 is 0 Å². The second-order valence-electron chi connectivity index (χ2n) is 6.28. The molecule has 1 aliphatic heterocycles. The van der Waals surface area contributed by atoms with E-state index in [9.17, 15) is 0 Å². The Balaban J connectivity index is 2.02. The molecule has 0 bridgehead atoms. The number of fused-ring (bicyclic) bond motifs is 1. The fourth-order valence-electron chi connectivity index (χ4n) is 4.00. The molecule has 1 heterocycles. The van der Waals surface area contributed by atoms with Crippen molar-refractivity contribution in [2.45, 2.75) is 44.6 Å². The lowest BCUT2D eigenvalue weighted by Crippen LogP contribution is -2.59. The Morgan fingerprint density at radius 3 is 2.95 bits per heavy atom. The van der Waals surface area contributed by atoms with Gasteiger partial charge in [-0.1, -0.05) is 31.9 Å². The van der Waals surface area contributed by atoms with Crippen LogP contribution in [0.2, 0.25) is 0 Å². The standard InChI is InChI=1S/C17H26N2O/c1-14-7-4-5-10-17(14,13-18)19-11-6-12-20-16-9-3-2-8-15(16)19/h2-3,8-9,14H,4-7,10-13,18H2,1H3. The van der Waals surface area contributed by atoms with Gasteiger partial charge in [-0.2, -0.15) is 0 Å². The van der Waals surface area contributed by atoms with Crippen LogP contribution in [0.1, 0.15) is 39.0 Å². The molecule has 3 rings (SSSR count). The van der Waals surface area contributed by atoms with Crippen LogP contribution in [0.15, 0.2) is 24.3 Å². The molecule has 0 aromatic heterocycles. The maximum Gasteiger partial charge on any atom is 0.142 e. The summed E-state index contributed by atoms with van der Waals surface area (Å²) in [7, 11) is 0. The molecule has 1 aromatic carbocycles. The van der Waals surface area contributed by atoms with Crippen molar-refractivity contribution < 1.29 is 4.74 Å². The summed E-state index contributed by atoms with van der Waals surface area (Å²) in [5.41, 5.74) is 7.64. The fourth-order valence-corrected chi connectivity index (χ4v) is 4.00. The zero-order valence-electron chi connectivity index (χ0n) is 12.5. The van der Waals surface area contributed by atoms with Crippen LogP contribution in [-0.2, 0) is 0 Å². The minimum atomic E-state index is 0.113. The molecule has 2 N–H and O–H groups in total. The number of hydrogen-bond donors (Lipinski definition) is 1. The molecule has 1 aromatic rings. The van der Waals surface area contributed by atoms with Crippen molar-refractivity contribution in [1.82, 2.24) is 0 Å². The fraction of sp³-hybridized carbons (Fsp3) is 0.647. The molecular formula is C17H26N2O. The second-order valence-corrected chi connectivity index (χ2v) is 6.28. The van der Waals surface area contributed by atoms with E-state index >= 15 is 0 Å². The smallest absolute Gasteiger partial charge is 0.142 e. The first-order valence-electron chi connectivity index (χ1n) is 7.97. The highest BCUT2D eigenvalue weighted by atomic mass is 16.5. The second kappa shape index (κ2) is 5.65. The summed E-state index contributed by atoms with van der Waals surface area (Å²) < 4.78 is 5.91. The lowest BCUT2D eigenvalue weighted by molar-refractivity contribution is 0.196. The maximum absolute atomic E-state index is 6.29. The zero-order valence-corrected chi connectivity index (χ0v) is 12.5. The van der Waals surface area contributed by atoms with E-state index in [1.165, 1.54) is 31.4 Å². The van der Waals surface area contributed by atoms with E-state index < -0.39 is 0 Å². The highest BCUT2D eigenvalue weighted by molar-refractivity contribution is 5.61. The Bertz CT molecular complexity index is 462. The average molecular weight is 274 g/mol. The van der Waals surface area contributed by atoms with Gasteiger partial charge in [0.1, 0.15) is 5.75 Å².